The summed E-state index contributed by atoms with van der Waals surface area (Å²) in [5, 5.41) is 9.60. The Morgan fingerprint density at radius 1 is 1.41 bits per heavy atom. The Bertz CT molecular complexity index is 618. The molecule has 1 aromatic carbocycles. The zero-order valence-corrected chi connectivity index (χ0v) is 13.3. The van der Waals surface area contributed by atoms with Crippen LogP contribution in [-0.4, -0.2) is 48.2 Å². The molecule has 0 aromatic heterocycles. The molecule has 7 heteroatoms. The van der Waals surface area contributed by atoms with Crippen LogP contribution in [0.3, 0.4) is 0 Å². The summed E-state index contributed by atoms with van der Waals surface area (Å²) in [5.74, 6) is -1.97. The number of carbonyl (C=O) groups excluding carboxylic acids is 1. The highest BCUT2D eigenvalue weighted by atomic mass is 79.9. The van der Waals surface area contributed by atoms with E-state index < -0.39 is 17.2 Å². The van der Waals surface area contributed by atoms with Crippen LogP contribution >= 0.6 is 15.9 Å². The lowest BCUT2D eigenvalue weighted by atomic mass is 9.74. The summed E-state index contributed by atoms with van der Waals surface area (Å²) in [6, 6.07) is 3.98. The van der Waals surface area contributed by atoms with Gasteiger partial charge >= 0.3 is 5.97 Å². The van der Waals surface area contributed by atoms with Gasteiger partial charge in [0.05, 0.1) is 12.0 Å². The number of halogens is 2. The van der Waals surface area contributed by atoms with E-state index in [9.17, 15) is 19.1 Å². The highest BCUT2D eigenvalue weighted by molar-refractivity contribution is 9.10. The van der Waals surface area contributed by atoms with Crippen LogP contribution in [0.1, 0.15) is 16.8 Å². The molecule has 2 saturated heterocycles. The van der Waals surface area contributed by atoms with Gasteiger partial charge in [-0.15, -0.1) is 0 Å². The number of benzene rings is 1. The summed E-state index contributed by atoms with van der Waals surface area (Å²) >= 11 is 3.16. The summed E-state index contributed by atoms with van der Waals surface area (Å²) in [5.41, 5.74) is -0.731. The quantitative estimate of drug-likeness (QED) is 0.864. The van der Waals surface area contributed by atoms with Crippen LogP contribution in [0.5, 0.6) is 0 Å². The first-order chi connectivity index (χ1) is 10.4. The summed E-state index contributed by atoms with van der Waals surface area (Å²) in [7, 11) is 0. The van der Waals surface area contributed by atoms with Crippen molar-refractivity contribution in [1.29, 1.82) is 0 Å². The molecule has 2 heterocycles. The third-order valence-electron chi connectivity index (χ3n) is 4.53. The maximum absolute atomic E-state index is 13.5. The first-order valence-electron chi connectivity index (χ1n) is 6.99. The Morgan fingerprint density at radius 2 is 2.18 bits per heavy atom. The Kier molecular flexibility index (Phi) is 3.94. The molecular formula is C15H15BrFNO4. The average molecular weight is 372 g/mol. The zero-order chi connectivity index (χ0) is 15.9. The first-order valence-corrected chi connectivity index (χ1v) is 7.78. The van der Waals surface area contributed by atoms with Crippen molar-refractivity contribution in [3.05, 3.63) is 34.1 Å². The highest BCUT2D eigenvalue weighted by Gasteiger charge is 2.54. The van der Waals surface area contributed by atoms with E-state index in [0.29, 0.717) is 30.7 Å². The molecule has 22 heavy (non-hydrogen) atoms. The van der Waals surface area contributed by atoms with E-state index in [1.165, 1.54) is 23.1 Å². The molecular weight excluding hydrogens is 357 g/mol. The fourth-order valence-corrected chi connectivity index (χ4v) is 3.78. The number of ether oxygens (including phenoxy) is 1. The number of rotatable bonds is 2. The third kappa shape index (κ3) is 2.52. The van der Waals surface area contributed by atoms with Gasteiger partial charge in [-0.3, -0.25) is 9.59 Å². The fourth-order valence-electron chi connectivity index (χ4n) is 3.31. The lowest BCUT2D eigenvalue weighted by Gasteiger charge is -2.33. The minimum atomic E-state index is -0.946. The van der Waals surface area contributed by atoms with Crippen molar-refractivity contribution in [1.82, 2.24) is 4.90 Å². The lowest BCUT2D eigenvalue weighted by Crippen LogP contribution is -2.45. The SMILES string of the molecule is O=C(c1cc(F)cc(Br)c1)N1C[C@H]2COCC[C@@]2(C(=O)O)C1. The smallest absolute Gasteiger partial charge is 0.311 e. The molecule has 0 radical (unpaired) electrons. The van der Waals surface area contributed by atoms with Crippen LogP contribution in [0.15, 0.2) is 22.7 Å². The van der Waals surface area contributed by atoms with Gasteiger partial charge in [0, 0.05) is 35.7 Å². The Hall–Kier alpha value is -1.47. The molecule has 2 aliphatic rings. The minimum Gasteiger partial charge on any atom is -0.481 e. The van der Waals surface area contributed by atoms with Gasteiger partial charge in [-0.05, 0) is 24.6 Å². The number of nitrogens with zero attached hydrogens (tertiary/aromatic N) is 1. The fraction of sp³-hybridized carbons (Fsp3) is 0.467. The third-order valence-corrected chi connectivity index (χ3v) is 4.99. The Labute approximate surface area is 135 Å². The molecule has 2 fully saturated rings. The lowest BCUT2D eigenvalue weighted by molar-refractivity contribution is -0.157. The topological polar surface area (TPSA) is 66.8 Å². The van der Waals surface area contributed by atoms with E-state index in [2.05, 4.69) is 15.9 Å². The highest BCUT2D eigenvalue weighted by Crippen LogP contribution is 2.42. The molecule has 5 nitrogen and oxygen atoms in total. The van der Waals surface area contributed by atoms with Gasteiger partial charge in [-0.2, -0.15) is 0 Å². The first kappa shape index (κ1) is 15.4. The number of hydrogen-bond acceptors (Lipinski definition) is 3. The van der Waals surface area contributed by atoms with E-state index in [4.69, 9.17) is 4.74 Å². The normalized spacial score (nSPS) is 27.5. The van der Waals surface area contributed by atoms with E-state index >= 15 is 0 Å². The van der Waals surface area contributed by atoms with Gasteiger partial charge in [-0.25, -0.2) is 4.39 Å². The van der Waals surface area contributed by atoms with Crippen molar-refractivity contribution < 1.29 is 23.8 Å². The van der Waals surface area contributed by atoms with Crippen molar-refractivity contribution in [2.45, 2.75) is 6.42 Å². The number of aliphatic carboxylic acids is 1. The number of carboxylic acids is 1. The number of likely N-dealkylation sites (tertiary alicyclic amines) is 1. The number of carboxylic acid groups (broad SMARTS) is 1. The summed E-state index contributed by atoms with van der Waals surface area (Å²) in [6.07, 6.45) is 0.392. The molecule has 0 unspecified atom stereocenters. The van der Waals surface area contributed by atoms with Crippen LogP contribution in [0.25, 0.3) is 0 Å². The summed E-state index contributed by atoms with van der Waals surface area (Å²) in [6.45, 7) is 1.18. The van der Waals surface area contributed by atoms with E-state index in [1.807, 2.05) is 0 Å². The molecule has 1 amide bonds. The van der Waals surface area contributed by atoms with Gasteiger partial charge < -0.3 is 14.7 Å². The summed E-state index contributed by atoms with van der Waals surface area (Å²) < 4.78 is 19.3. The van der Waals surface area contributed by atoms with Crippen LogP contribution in [0, 0.1) is 17.2 Å². The van der Waals surface area contributed by atoms with E-state index in [-0.39, 0.29) is 23.9 Å². The van der Waals surface area contributed by atoms with Crippen molar-refractivity contribution in [2.24, 2.45) is 11.3 Å². The van der Waals surface area contributed by atoms with Crippen LogP contribution in [0.2, 0.25) is 0 Å². The van der Waals surface area contributed by atoms with E-state index in [0.717, 1.165) is 0 Å². The van der Waals surface area contributed by atoms with Gasteiger partial charge in [0.15, 0.2) is 0 Å². The van der Waals surface area contributed by atoms with Gasteiger partial charge in [0.1, 0.15) is 5.82 Å². The van der Waals surface area contributed by atoms with Crippen molar-refractivity contribution >= 4 is 27.8 Å². The number of amides is 1. The second kappa shape index (κ2) is 5.62. The molecule has 2 atom stereocenters. The van der Waals surface area contributed by atoms with Gasteiger partial charge in [0.2, 0.25) is 0 Å². The standard InChI is InChI=1S/C15H15BrFNO4/c16-11-3-9(4-12(17)5-11)13(19)18-6-10-7-22-2-1-15(10,8-18)14(20)21/h3-5,10H,1-2,6-8H2,(H,20,21)/t10-,15+/m0/s1. The maximum atomic E-state index is 13.5. The van der Waals surface area contributed by atoms with E-state index in [1.54, 1.807) is 0 Å². The second-order valence-corrected chi connectivity index (χ2v) is 6.74. The van der Waals surface area contributed by atoms with Crippen LogP contribution in [-0.2, 0) is 9.53 Å². The molecule has 1 aromatic rings. The molecule has 2 aliphatic heterocycles. The van der Waals surface area contributed by atoms with Gasteiger partial charge in [0.25, 0.3) is 5.91 Å². The van der Waals surface area contributed by atoms with Crippen LogP contribution < -0.4 is 0 Å². The molecule has 1 N–H and O–H groups in total. The van der Waals surface area contributed by atoms with Crippen molar-refractivity contribution in [3.63, 3.8) is 0 Å². The van der Waals surface area contributed by atoms with Crippen molar-refractivity contribution in [3.8, 4) is 0 Å². The predicted molar refractivity (Wildman–Crippen MR) is 79.0 cm³/mol. The van der Waals surface area contributed by atoms with Crippen LogP contribution in [0.4, 0.5) is 4.39 Å². The predicted octanol–water partition coefficient (Wildman–Crippen LogP) is 2.15. The molecule has 118 valence electrons. The molecule has 0 spiro atoms. The summed E-state index contributed by atoms with van der Waals surface area (Å²) in [4.78, 5) is 25.8. The Morgan fingerprint density at radius 3 is 2.82 bits per heavy atom. The zero-order valence-electron chi connectivity index (χ0n) is 11.7. The monoisotopic (exact) mass is 371 g/mol. The second-order valence-electron chi connectivity index (χ2n) is 5.83. The molecule has 3 rings (SSSR count). The minimum absolute atomic E-state index is 0.142. The molecule has 0 aliphatic carbocycles. The molecule has 0 bridgehead atoms. The maximum Gasteiger partial charge on any atom is 0.311 e. The number of fused-ring (bicyclic) bond motifs is 1. The molecule has 0 saturated carbocycles. The number of carbonyl (C=O) groups is 2. The average Bonchev–Trinajstić information content (AvgIpc) is 2.86. The van der Waals surface area contributed by atoms with Gasteiger partial charge in [-0.1, -0.05) is 15.9 Å². The largest absolute Gasteiger partial charge is 0.481 e. The Balaban J connectivity index is 1.87. The number of hydrogen-bond donors (Lipinski definition) is 1. The van der Waals surface area contributed by atoms with Crippen molar-refractivity contribution in [2.75, 3.05) is 26.3 Å².